The van der Waals surface area contributed by atoms with Gasteiger partial charge in [-0.15, -0.1) is 0 Å². The van der Waals surface area contributed by atoms with E-state index in [1.54, 1.807) is 25.7 Å². The minimum Gasteiger partial charge on any atom is -0.481 e. The number of aliphatic hydroxyl groups excluding tert-OH is 1. The lowest BCUT2D eigenvalue weighted by Crippen LogP contribution is -2.65. The number of fused-ring (bicyclic) bond motifs is 7. The van der Waals surface area contributed by atoms with Crippen LogP contribution < -0.4 is 0 Å². The van der Waals surface area contributed by atoms with Crippen molar-refractivity contribution in [2.75, 3.05) is 6.54 Å². The topological polar surface area (TPSA) is 121 Å². The highest BCUT2D eigenvalue weighted by Gasteiger charge is 2.70. The van der Waals surface area contributed by atoms with Gasteiger partial charge in [-0.1, -0.05) is 70.8 Å². The Bertz CT molecular complexity index is 1720. The van der Waals surface area contributed by atoms with Crippen molar-refractivity contribution >= 4 is 35.2 Å². The summed E-state index contributed by atoms with van der Waals surface area (Å²) in [7, 11) is 0. The van der Waals surface area contributed by atoms with Crippen LogP contribution in [0, 0.1) is 56.7 Å². The molecule has 0 spiro atoms. The molecule has 0 saturated heterocycles. The zero-order valence-corrected chi connectivity index (χ0v) is 34.9. The third-order valence-electron chi connectivity index (χ3n) is 16.2. The second-order valence-corrected chi connectivity index (χ2v) is 20.2. The number of benzene rings is 1. The average Bonchev–Trinajstić information content (AvgIpc) is 3.39. The fraction of sp³-hybridized carbons (Fsp3) is 0.733. The van der Waals surface area contributed by atoms with Crippen molar-refractivity contribution in [2.45, 2.75) is 145 Å². The number of hydrogen-bond donors (Lipinski definition) is 2. The average molecular weight is 766 g/mol. The van der Waals surface area contributed by atoms with Gasteiger partial charge in [0.15, 0.2) is 5.78 Å². The van der Waals surface area contributed by atoms with Crippen LogP contribution in [0.5, 0.6) is 0 Å². The molecule has 0 unspecified atom stereocenters. The number of allylic oxidation sites excluding steroid dienone is 1. The molecule has 4 saturated carbocycles. The summed E-state index contributed by atoms with van der Waals surface area (Å²) in [5.41, 5.74) is 1.12. The van der Waals surface area contributed by atoms with E-state index in [2.05, 4.69) is 41.5 Å². The standard InChI is InChI=1S/C45H64ClNO7/c1-26(2)38-33(49)22-45(36(50)25-47(28(4)48)24-29-11-10-12-30(46)21-29)20-19-43(8)32(39(38)45)13-14-35-42(7)17-16-34(27(3)31(42)15-18-44(35,43)9)54-37(51)23-41(5,6)40(52)53/h10-12,21,26-27,31-32,34-36,50H,13-20,22-25H2,1-9H3,(H,52,53)/t27-,31+,32-,34+,35-,36+,42+,43-,44-,45+/m1/s1. The number of nitrogens with zero attached hydrogens (tertiary/aromatic N) is 1. The number of carbonyl (C=O) groups is 4. The molecule has 1 aromatic rings. The van der Waals surface area contributed by atoms with E-state index in [9.17, 15) is 29.4 Å². The number of carboxylic acids is 1. The van der Waals surface area contributed by atoms with Gasteiger partial charge >= 0.3 is 11.9 Å². The highest BCUT2D eigenvalue weighted by atomic mass is 35.5. The SMILES string of the molecule is CC(=O)N(Cc1cccc(Cl)c1)C[C@H](O)[C@@]12CC[C@]3(C)[C@H](CC[C@@H]4[C@@]5(C)CC[C@H](OC(=O)CC(C)(C)C(=O)O)[C@H](C)[C@@H]5CC[C@]43C)C1=C(C(C)C)C(=O)C2. The number of ketones is 1. The first-order chi connectivity index (χ1) is 25.1. The Morgan fingerprint density at radius 1 is 1.02 bits per heavy atom. The number of aliphatic hydroxyl groups is 1. The molecule has 9 heteroatoms. The summed E-state index contributed by atoms with van der Waals surface area (Å²) in [5, 5.41) is 22.6. The second kappa shape index (κ2) is 14.3. The molecule has 10 atom stereocenters. The van der Waals surface area contributed by atoms with E-state index >= 15 is 0 Å². The molecule has 0 aliphatic heterocycles. The maximum atomic E-state index is 14.1. The zero-order chi connectivity index (χ0) is 39.8. The number of rotatable bonds is 10. The highest BCUT2D eigenvalue weighted by molar-refractivity contribution is 6.30. The molecule has 298 valence electrons. The molecule has 5 aliphatic carbocycles. The van der Waals surface area contributed by atoms with Gasteiger partial charge in [-0.2, -0.15) is 0 Å². The highest BCUT2D eigenvalue weighted by Crippen LogP contribution is 2.76. The van der Waals surface area contributed by atoms with Crippen molar-refractivity contribution in [3.63, 3.8) is 0 Å². The molecule has 6 rings (SSSR count). The van der Waals surface area contributed by atoms with Crippen LogP contribution in [0.1, 0.15) is 132 Å². The van der Waals surface area contributed by atoms with Gasteiger partial charge in [-0.25, -0.2) is 0 Å². The van der Waals surface area contributed by atoms with E-state index in [-0.39, 0.29) is 64.8 Å². The Morgan fingerprint density at radius 2 is 1.72 bits per heavy atom. The van der Waals surface area contributed by atoms with Crippen molar-refractivity contribution in [1.82, 2.24) is 4.90 Å². The summed E-state index contributed by atoms with van der Waals surface area (Å²) in [6.45, 7) is 19.1. The Balaban J connectivity index is 1.27. The number of esters is 1. The van der Waals surface area contributed by atoms with Crippen LogP contribution in [0.2, 0.25) is 5.02 Å². The van der Waals surface area contributed by atoms with E-state index in [4.69, 9.17) is 16.3 Å². The first kappa shape index (κ1) is 40.9. The summed E-state index contributed by atoms with van der Waals surface area (Å²) >= 11 is 6.28. The fourth-order valence-corrected chi connectivity index (χ4v) is 13.3. The number of amides is 1. The first-order valence-electron chi connectivity index (χ1n) is 20.5. The van der Waals surface area contributed by atoms with Crippen LogP contribution in [-0.2, 0) is 30.5 Å². The lowest BCUT2D eigenvalue weighted by atomic mass is 9.34. The van der Waals surface area contributed by atoms with E-state index in [1.807, 2.05) is 24.3 Å². The van der Waals surface area contributed by atoms with Crippen molar-refractivity contribution in [1.29, 1.82) is 0 Å². The van der Waals surface area contributed by atoms with Crippen molar-refractivity contribution in [3.8, 4) is 0 Å². The Morgan fingerprint density at radius 3 is 2.35 bits per heavy atom. The first-order valence-corrected chi connectivity index (χ1v) is 20.9. The normalized spacial score (nSPS) is 36.8. The van der Waals surface area contributed by atoms with E-state index in [0.29, 0.717) is 36.2 Å². The monoisotopic (exact) mass is 765 g/mol. The van der Waals surface area contributed by atoms with Crippen molar-refractivity contribution in [2.24, 2.45) is 56.7 Å². The zero-order valence-electron chi connectivity index (χ0n) is 34.1. The van der Waals surface area contributed by atoms with E-state index < -0.39 is 28.9 Å². The predicted octanol–water partition coefficient (Wildman–Crippen LogP) is 9.05. The van der Waals surface area contributed by atoms with Gasteiger partial charge in [0.05, 0.1) is 17.9 Å². The molecule has 1 aromatic carbocycles. The molecule has 8 nitrogen and oxygen atoms in total. The number of hydrogen-bond acceptors (Lipinski definition) is 6. The van der Waals surface area contributed by atoms with E-state index in [1.165, 1.54) is 5.57 Å². The number of Topliss-reactive ketones (excluding diaryl/α,β-unsaturated/α-hetero) is 1. The maximum Gasteiger partial charge on any atom is 0.309 e. The van der Waals surface area contributed by atoms with Gasteiger partial charge in [-0.3, -0.25) is 19.2 Å². The summed E-state index contributed by atoms with van der Waals surface area (Å²) in [5.74, 6) is -0.179. The van der Waals surface area contributed by atoms with Crippen LogP contribution in [0.3, 0.4) is 0 Å². The molecule has 1 amide bonds. The molecule has 0 bridgehead atoms. The largest absolute Gasteiger partial charge is 0.481 e. The summed E-state index contributed by atoms with van der Waals surface area (Å²) in [6.07, 6.45) is 6.49. The predicted molar refractivity (Wildman–Crippen MR) is 209 cm³/mol. The van der Waals surface area contributed by atoms with Gasteiger partial charge in [0.1, 0.15) is 6.10 Å². The summed E-state index contributed by atoms with van der Waals surface area (Å²) in [6, 6.07) is 7.47. The van der Waals surface area contributed by atoms with Crippen molar-refractivity contribution in [3.05, 3.63) is 46.0 Å². The van der Waals surface area contributed by atoms with Crippen LogP contribution in [0.25, 0.3) is 0 Å². The molecular weight excluding hydrogens is 702 g/mol. The lowest BCUT2D eigenvalue weighted by molar-refractivity contribution is -0.218. The Hall–Kier alpha value is -2.71. The van der Waals surface area contributed by atoms with Gasteiger partial charge in [0.2, 0.25) is 5.91 Å². The van der Waals surface area contributed by atoms with Gasteiger partial charge in [0.25, 0.3) is 0 Å². The number of ether oxygens (including phenoxy) is 1. The maximum absolute atomic E-state index is 14.1. The van der Waals surface area contributed by atoms with Gasteiger partial charge in [-0.05, 0) is 134 Å². The number of halogens is 1. The van der Waals surface area contributed by atoms with Crippen LogP contribution in [-0.4, -0.2) is 57.5 Å². The molecule has 0 heterocycles. The second-order valence-electron chi connectivity index (χ2n) is 19.7. The molecule has 5 aliphatic rings. The van der Waals surface area contributed by atoms with Crippen LogP contribution in [0.4, 0.5) is 0 Å². The lowest BCUT2D eigenvalue weighted by Gasteiger charge is -2.71. The van der Waals surface area contributed by atoms with Crippen molar-refractivity contribution < 1.29 is 34.1 Å². The molecule has 4 fully saturated rings. The van der Waals surface area contributed by atoms with E-state index in [0.717, 1.165) is 56.1 Å². The number of carboxylic acid groups (broad SMARTS) is 1. The van der Waals surface area contributed by atoms with Crippen LogP contribution >= 0.6 is 11.6 Å². The third kappa shape index (κ3) is 6.57. The Labute approximate surface area is 327 Å². The minimum absolute atomic E-state index is 0.00570. The summed E-state index contributed by atoms with van der Waals surface area (Å²) in [4.78, 5) is 53.6. The van der Waals surface area contributed by atoms with Crippen LogP contribution in [0.15, 0.2) is 35.4 Å². The third-order valence-corrected chi connectivity index (χ3v) is 16.4. The number of carbonyl (C=O) groups excluding carboxylic acids is 3. The quantitative estimate of drug-likeness (QED) is 0.228. The molecule has 2 N–H and O–H groups in total. The Kier molecular flexibility index (Phi) is 10.9. The molecule has 54 heavy (non-hydrogen) atoms. The van der Waals surface area contributed by atoms with Gasteiger partial charge in [0, 0.05) is 36.9 Å². The smallest absolute Gasteiger partial charge is 0.309 e. The van der Waals surface area contributed by atoms with Gasteiger partial charge < -0.3 is 19.8 Å². The summed E-state index contributed by atoms with van der Waals surface area (Å²) < 4.78 is 6.06. The molecular formula is C45H64ClNO7. The molecule has 0 radical (unpaired) electrons. The minimum atomic E-state index is -1.17. The fourth-order valence-electron chi connectivity index (χ4n) is 13.0. The number of aliphatic carboxylic acids is 1. The molecule has 0 aromatic heterocycles.